The fraction of sp³-hybridized carbons (Fsp3) is 0.533. The van der Waals surface area contributed by atoms with Gasteiger partial charge in [0.05, 0.1) is 12.6 Å². The van der Waals surface area contributed by atoms with Crippen molar-refractivity contribution >= 4 is 5.91 Å². The molecule has 2 atom stereocenters. The zero-order chi connectivity index (χ0) is 13.7. The van der Waals surface area contributed by atoms with Gasteiger partial charge in [0, 0.05) is 12.2 Å². The first kappa shape index (κ1) is 13.9. The highest BCUT2D eigenvalue weighted by Crippen LogP contribution is 2.31. The van der Waals surface area contributed by atoms with Crippen molar-refractivity contribution in [2.75, 3.05) is 13.2 Å². The van der Waals surface area contributed by atoms with Crippen LogP contribution in [0.5, 0.6) is 5.75 Å². The predicted molar refractivity (Wildman–Crippen MR) is 73.1 cm³/mol. The SMILES string of the molecule is CCOC(C)C(=O)NC1CCCOc2ccccc21. The van der Waals surface area contributed by atoms with Crippen LogP contribution in [0.3, 0.4) is 0 Å². The average Bonchev–Trinajstić information content (AvgIpc) is 2.62. The van der Waals surface area contributed by atoms with E-state index < -0.39 is 6.10 Å². The zero-order valence-electron chi connectivity index (χ0n) is 11.5. The highest BCUT2D eigenvalue weighted by molar-refractivity contribution is 5.80. The molecule has 2 rings (SSSR count). The molecule has 0 radical (unpaired) electrons. The lowest BCUT2D eigenvalue weighted by molar-refractivity contribution is -0.132. The van der Waals surface area contributed by atoms with E-state index in [0.29, 0.717) is 13.2 Å². The van der Waals surface area contributed by atoms with Gasteiger partial charge in [0.25, 0.3) is 0 Å². The average molecular weight is 263 g/mol. The lowest BCUT2D eigenvalue weighted by atomic mass is 10.0. The summed E-state index contributed by atoms with van der Waals surface area (Å²) in [6, 6.07) is 7.89. The van der Waals surface area contributed by atoms with Crippen LogP contribution >= 0.6 is 0 Å². The number of hydrogen-bond donors (Lipinski definition) is 1. The molecule has 0 bridgehead atoms. The Morgan fingerprint density at radius 1 is 1.53 bits per heavy atom. The minimum atomic E-state index is -0.415. The molecule has 1 aliphatic rings. The molecule has 1 aliphatic heterocycles. The quantitative estimate of drug-likeness (QED) is 0.907. The Labute approximate surface area is 114 Å². The van der Waals surface area contributed by atoms with Gasteiger partial charge in [-0.15, -0.1) is 0 Å². The number of hydrogen-bond acceptors (Lipinski definition) is 3. The first-order chi connectivity index (χ1) is 9.22. The van der Waals surface area contributed by atoms with E-state index in [1.54, 1.807) is 6.92 Å². The van der Waals surface area contributed by atoms with Gasteiger partial charge in [0.2, 0.25) is 5.91 Å². The second-order valence-corrected chi connectivity index (χ2v) is 4.69. The van der Waals surface area contributed by atoms with Gasteiger partial charge in [0.1, 0.15) is 11.9 Å². The molecule has 104 valence electrons. The highest BCUT2D eigenvalue weighted by Gasteiger charge is 2.23. The van der Waals surface area contributed by atoms with Crippen molar-refractivity contribution in [3.63, 3.8) is 0 Å². The highest BCUT2D eigenvalue weighted by atomic mass is 16.5. The zero-order valence-corrected chi connectivity index (χ0v) is 11.5. The third-order valence-electron chi connectivity index (χ3n) is 3.29. The summed E-state index contributed by atoms with van der Waals surface area (Å²) >= 11 is 0. The van der Waals surface area contributed by atoms with Crippen LogP contribution in [0, 0.1) is 0 Å². The van der Waals surface area contributed by atoms with Crippen molar-refractivity contribution in [1.29, 1.82) is 0 Å². The normalized spacial score (nSPS) is 19.8. The number of rotatable bonds is 4. The van der Waals surface area contributed by atoms with Crippen molar-refractivity contribution in [3.8, 4) is 5.75 Å². The number of carbonyl (C=O) groups is 1. The third-order valence-corrected chi connectivity index (χ3v) is 3.29. The van der Waals surface area contributed by atoms with E-state index >= 15 is 0 Å². The molecule has 1 N–H and O–H groups in total. The summed E-state index contributed by atoms with van der Waals surface area (Å²) in [4.78, 5) is 12.0. The van der Waals surface area contributed by atoms with E-state index in [2.05, 4.69) is 5.32 Å². The molecule has 0 aromatic heterocycles. The molecule has 4 heteroatoms. The maximum atomic E-state index is 12.0. The second kappa shape index (κ2) is 6.57. The Hall–Kier alpha value is -1.55. The number of ether oxygens (including phenoxy) is 2. The molecular weight excluding hydrogens is 242 g/mol. The van der Waals surface area contributed by atoms with Gasteiger partial charge < -0.3 is 14.8 Å². The van der Waals surface area contributed by atoms with E-state index in [-0.39, 0.29) is 11.9 Å². The molecular formula is C15H21NO3. The summed E-state index contributed by atoms with van der Waals surface area (Å²) < 4.78 is 11.0. The summed E-state index contributed by atoms with van der Waals surface area (Å²) in [6.45, 7) is 4.90. The predicted octanol–water partition coefficient (Wildman–Crippen LogP) is 2.44. The van der Waals surface area contributed by atoms with Crippen molar-refractivity contribution in [1.82, 2.24) is 5.32 Å². The number of amides is 1. The van der Waals surface area contributed by atoms with E-state index in [9.17, 15) is 4.79 Å². The molecule has 1 heterocycles. The first-order valence-electron chi connectivity index (χ1n) is 6.86. The fourth-order valence-electron chi connectivity index (χ4n) is 2.29. The van der Waals surface area contributed by atoms with Gasteiger partial charge >= 0.3 is 0 Å². The fourth-order valence-corrected chi connectivity index (χ4v) is 2.29. The molecule has 0 aliphatic carbocycles. The molecule has 0 saturated carbocycles. The van der Waals surface area contributed by atoms with Crippen molar-refractivity contribution in [3.05, 3.63) is 29.8 Å². The van der Waals surface area contributed by atoms with Crippen molar-refractivity contribution in [2.24, 2.45) is 0 Å². The molecule has 0 saturated heterocycles. The number of carbonyl (C=O) groups excluding carboxylic acids is 1. The molecule has 1 aromatic carbocycles. The molecule has 1 aromatic rings. The van der Waals surface area contributed by atoms with E-state index in [0.717, 1.165) is 24.2 Å². The standard InChI is InChI=1S/C15H21NO3/c1-3-18-11(2)15(17)16-13-8-6-10-19-14-9-5-4-7-12(13)14/h4-5,7,9,11,13H,3,6,8,10H2,1-2H3,(H,16,17). The lowest BCUT2D eigenvalue weighted by Gasteiger charge is -2.20. The number of nitrogens with one attached hydrogen (secondary N) is 1. The van der Waals surface area contributed by atoms with Crippen LogP contribution in [0.25, 0.3) is 0 Å². The van der Waals surface area contributed by atoms with Gasteiger partial charge in [-0.3, -0.25) is 4.79 Å². The van der Waals surface area contributed by atoms with Crippen LogP contribution in [0.1, 0.15) is 38.3 Å². The summed E-state index contributed by atoms with van der Waals surface area (Å²) in [6.07, 6.45) is 1.41. The van der Waals surface area contributed by atoms with Crippen molar-refractivity contribution in [2.45, 2.75) is 38.8 Å². The Bertz CT molecular complexity index is 433. The monoisotopic (exact) mass is 263 g/mol. The Morgan fingerprint density at radius 3 is 3.11 bits per heavy atom. The Kier molecular flexibility index (Phi) is 4.80. The summed E-state index contributed by atoms with van der Waals surface area (Å²) in [5.74, 6) is 0.804. The molecule has 19 heavy (non-hydrogen) atoms. The van der Waals surface area contributed by atoms with Gasteiger partial charge in [-0.25, -0.2) is 0 Å². The molecule has 4 nitrogen and oxygen atoms in total. The van der Waals surface area contributed by atoms with E-state index in [4.69, 9.17) is 9.47 Å². The molecule has 2 unspecified atom stereocenters. The smallest absolute Gasteiger partial charge is 0.249 e. The van der Waals surface area contributed by atoms with E-state index in [1.165, 1.54) is 0 Å². The van der Waals surface area contributed by atoms with Gasteiger partial charge in [-0.2, -0.15) is 0 Å². The van der Waals surface area contributed by atoms with Crippen LogP contribution in [-0.2, 0) is 9.53 Å². The third kappa shape index (κ3) is 3.47. The van der Waals surface area contributed by atoms with Crippen LogP contribution in [0.2, 0.25) is 0 Å². The largest absolute Gasteiger partial charge is 0.493 e. The maximum Gasteiger partial charge on any atom is 0.249 e. The van der Waals surface area contributed by atoms with Crippen LogP contribution in [-0.4, -0.2) is 25.2 Å². The van der Waals surface area contributed by atoms with Crippen LogP contribution in [0.4, 0.5) is 0 Å². The lowest BCUT2D eigenvalue weighted by Crippen LogP contribution is -2.37. The van der Waals surface area contributed by atoms with E-state index in [1.807, 2.05) is 31.2 Å². The van der Waals surface area contributed by atoms with Gasteiger partial charge in [-0.05, 0) is 32.8 Å². The summed E-state index contributed by atoms with van der Waals surface area (Å²) in [7, 11) is 0. The molecule has 0 fully saturated rings. The summed E-state index contributed by atoms with van der Waals surface area (Å²) in [5, 5.41) is 3.06. The molecule has 1 amide bonds. The van der Waals surface area contributed by atoms with Crippen LogP contribution < -0.4 is 10.1 Å². The Balaban J connectivity index is 2.09. The Morgan fingerprint density at radius 2 is 2.32 bits per heavy atom. The topological polar surface area (TPSA) is 47.6 Å². The first-order valence-corrected chi connectivity index (χ1v) is 6.86. The minimum absolute atomic E-state index is 0.00843. The summed E-state index contributed by atoms with van der Waals surface area (Å²) in [5.41, 5.74) is 1.05. The minimum Gasteiger partial charge on any atom is -0.493 e. The van der Waals surface area contributed by atoms with Gasteiger partial charge in [0.15, 0.2) is 0 Å². The number of para-hydroxylation sites is 1. The second-order valence-electron chi connectivity index (χ2n) is 4.69. The van der Waals surface area contributed by atoms with Crippen molar-refractivity contribution < 1.29 is 14.3 Å². The molecule has 0 spiro atoms. The van der Waals surface area contributed by atoms with Gasteiger partial charge in [-0.1, -0.05) is 18.2 Å². The number of benzene rings is 1. The van der Waals surface area contributed by atoms with Crippen LogP contribution in [0.15, 0.2) is 24.3 Å². The number of fused-ring (bicyclic) bond motifs is 1. The maximum absolute atomic E-state index is 12.0.